The van der Waals surface area contributed by atoms with Gasteiger partial charge in [-0.05, 0) is 43.0 Å². The van der Waals surface area contributed by atoms with Gasteiger partial charge in [0.25, 0.3) is 9.05 Å². The molecule has 0 heterocycles. The molecule has 1 rings (SSSR count). The highest BCUT2D eigenvalue weighted by Gasteiger charge is 2.14. The van der Waals surface area contributed by atoms with Gasteiger partial charge in [-0.2, -0.15) is 0 Å². The van der Waals surface area contributed by atoms with Crippen molar-refractivity contribution < 1.29 is 13.2 Å². The minimum absolute atomic E-state index is 0.143. The summed E-state index contributed by atoms with van der Waals surface area (Å²) in [5.74, 6) is 1.24. The molecule has 5 heteroatoms. The van der Waals surface area contributed by atoms with E-state index in [0.29, 0.717) is 23.8 Å². The maximum absolute atomic E-state index is 11.3. The van der Waals surface area contributed by atoms with Crippen LogP contribution in [-0.4, -0.2) is 15.0 Å². The number of rotatable bonds is 8. The zero-order valence-corrected chi connectivity index (χ0v) is 13.9. The first-order valence-corrected chi connectivity index (χ1v) is 9.37. The van der Waals surface area contributed by atoms with Crippen LogP contribution in [0.15, 0.2) is 23.1 Å². The van der Waals surface area contributed by atoms with Crippen molar-refractivity contribution in [2.24, 2.45) is 5.92 Å². The molecule has 1 aromatic rings. The number of ether oxygens (including phenoxy) is 1. The molecule has 0 bridgehead atoms. The third-order valence-electron chi connectivity index (χ3n) is 3.44. The van der Waals surface area contributed by atoms with Crippen LogP contribution in [0.25, 0.3) is 0 Å². The van der Waals surface area contributed by atoms with E-state index in [-0.39, 0.29) is 4.90 Å². The highest BCUT2D eigenvalue weighted by molar-refractivity contribution is 8.13. The molecule has 0 N–H and O–H groups in total. The number of aryl methyl sites for hydroxylation is 1. The van der Waals surface area contributed by atoms with E-state index in [1.807, 2.05) is 0 Å². The van der Waals surface area contributed by atoms with E-state index in [1.165, 1.54) is 25.3 Å². The molecule has 1 aromatic carbocycles. The summed E-state index contributed by atoms with van der Waals surface area (Å²) < 4.78 is 28.4. The summed E-state index contributed by atoms with van der Waals surface area (Å²) in [4.78, 5) is 0.143. The second-order valence-electron chi connectivity index (χ2n) is 5.09. The lowest BCUT2D eigenvalue weighted by molar-refractivity contribution is 0.233. The predicted molar refractivity (Wildman–Crippen MR) is 83.0 cm³/mol. The van der Waals surface area contributed by atoms with Gasteiger partial charge >= 0.3 is 0 Å². The van der Waals surface area contributed by atoms with Crippen molar-refractivity contribution in [3.63, 3.8) is 0 Å². The number of halogens is 1. The normalized spacial score (nSPS) is 13.2. The summed E-state index contributed by atoms with van der Waals surface area (Å²) in [6, 6.07) is 4.89. The van der Waals surface area contributed by atoms with Gasteiger partial charge in [0, 0.05) is 10.7 Å². The average Bonchev–Trinajstić information content (AvgIpc) is 2.37. The molecule has 0 amide bonds. The first kappa shape index (κ1) is 17.3. The summed E-state index contributed by atoms with van der Waals surface area (Å²) in [5.41, 5.74) is 0.610. The van der Waals surface area contributed by atoms with Crippen LogP contribution in [0.2, 0.25) is 0 Å². The van der Waals surface area contributed by atoms with Gasteiger partial charge in [-0.15, -0.1) is 0 Å². The summed E-state index contributed by atoms with van der Waals surface area (Å²) in [5, 5.41) is 0. The standard InChI is InChI=1S/C15H23ClO3S/c1-4-6-7-13(5-2)11-19-14-8-9-15(12(3)10-14)20(16,17)18/h8-10,13H,4-7,11H2,1-3H3. The van der Waals surface area contributed by atoms with E-state index >= 15 is 0 Å². The SMILES string of the molecule is CCCCC(CC)COc1ccc(S(=O)(=O)Cl)c(C)c1. The average molecular weight is 319 g/mol. The fourth-order valence-corrected chi connectivity index (χ4v) is 3.29. The zero-order chi connectivity index (χ0) is 15.2. The van der Waals surface area contributed by atoms with Crippen molar-refractivity contribution in [2.45, 2.75) is 51.3 Å². The fraction of sp³-hybridized carbons (Fsp3) is 0.600. The summed E-state index contributed by atoms with van der Waals surface area (Å²) >= 11 is 0. The van der Waals surface area contributed by atoms with E-state index in [4.69, 9.17) is 15.4 Å². The molecular formula is C15H23ClO3S. The Morgan fingerprint density at radius 1 is 1.30 bits per heavy atom. The number of unbranched alkanes of at least 4 members (excludes halogenated alkanes) is 1. The molecular weight excluding hydrogens is 296 g/mol. The maximum Gasteiger partial charge on any atom is 0.261 e. The third kappa shape index (κ3) is 5.33. The summed E-state index contributed by atoms with van der Waals surface area (Å²) in [6.07, 6.45) is 4.66. The lowest BCUT2D eigenvalue weighted by atomic mass is 10.0. The van der Waals surface area contributed by atoms with E-state index in [2.05, 4.69) is 13.8 Å². The number of benzene rings is 1. The van der Waals surface area contributed by atoms with Gasteiger partial charge in [0.1, 0.15) is 5.75 Å². The quantitative estimate of drug-likeness (QED) is 0.662. The molecule has 1 unspecified atom stereocenters. The van der Waals surface area contributed by atoms with Crippen LogP contribution in [0.4, 0.5) is 0 Å². The summed E-state index contributed by atoms with van der Waals surface area (Å²) in [6.45, 7) is 6.74. The Balaban J connectivity index is 2.68. The van der Waals surface area contributed by atoms with Crippen molar-refractivity contribution in [1.82, 2.24) is 0 Å². The Bertz CT molecular complexity index is 526. The monoisotopic (exact) mass is 318 g/mol. The van der Waals surface area contributed by atoms with Crippen molar-refractivity contribution in [2.75, 3.05) is 6.61 Å². The predicted octanol–water partition coefficient (Wildman–Crippen LogP) is 4.52. The topological polar surface area (TPSA) is 43.4 Å². The van der Waals surface area contributed by atoms with Crippen LogP contribution in [-0.2, 0) is 9.05 Å². The van der Waals surface area contributed by atoms with Crippen LogP contribution >= 0.6 is 10.7 Å². The van der Waals surface area contributed by atoms with Crippen molar-refractivity contribution in [1.29, 1.82) is 0 Å². The van der Waals surface area contributed by atoms with E-state index in [1.54, 1.807) is 19.1 Å². The Hall–Kier alpha value is -0.740. The highest BCUT2D eigenvalue weighted by atomic mass is 35.7. The Morgan fingerprint density at radius 2 is 2.00 bits per heavy atom. The number of hydrogen-bond donors (Lipinski definition) is 0. The van der Waals surface area contributed by atoms with Crippen LogP contribution in [0.1, 0.15) is 45.1 Å². The van der Waals surface area contributed by atoms with Gasteiger partial charge < -0.3 is 4.74 Å². The first-order chi connectivity index (χ1) is 9.38. The lowest BCUT2D eigenvalue weighted by Crippen LogP contribution is -2.11. The van der Waals surface area contributed by atoms with E-state index < -0.39 is 9.05 Å². The molecule has 114 valence electrons. The van der Waals surface area contributed by atoms with E-state index in [0.717, 1.165) is 6.42 Å². The van der Waals surface area contributed by atoms with Crippen molar-refractivity contribution in [3.8, 4) is 5.75 Å². The van der Waals surface area contributed by atoms with Gasteiger partial charge in [-0.3, -0.25) is 0 Å². The molecule has 20 heavy (non-hydrogen) atoms. The molecule has 0 aliphatic heterocycles. The van der Waals surface area contributed by atoms with E-state index in [9.17, 15) is 8.42 Å². The molecule has 0 aromatic heterocycles. The number of hydrogen-bond acceptors (Lipinski definition) is 3. The Labute approximate surface area is 126 Å². The maximum atomic E-state index is 11.3. The van der Waals surface area contributed by atoms with Gasteiger partial charge in [0.2, 0.25) is 0 Å². The molecule has 0 saturated heterocycles. The van der Waals surface area contributed by atoms with Crippen LogP contribution in [0, 0.1) is 12.8 Å². The van der Waals surface area contributed by atoms with Gasteiger partial charge in [0.15, 0.2) is 0 Å². The van der Waals surface area contributed by atoms with Crippen molar-refractivity contribution in [3.05, 3.63) is 23.8 Å². The molecule has 3 nitrogen and oxygen atoms in total. The molecule has 0 saturated carbocycles. The van der Waals surface area contributed by atoms with Gasteiger partial charge in [0.05, 0.1) is 11.5 Å². The first-order valence-electron chi connectivity index (χ1n) is 7.06. The van der Waals surface area contributed by atoms with Crippen LogP contribution in [0.3, 0.4) is 0 Å². The fourth-order valence-electron chi connectivity index (χ4n) is 2.10. The lowest BCUT2D eigenvalue weighted by Gasteiger charge is -2.16. The molecule has 1 atom stereocenters. The van der Waals surface area contributed by atoms with Crippen LogP contribution in [0.5, 0.6) is 5.75 Å². The van der Waals surface area contributed by atoms with Gasteiger partial charge in [-0.1, -0.05) is 33.1 Å². The molecule has 0 radical (unpaired) electrons. The summed E-state index contributed by atoms with van der Waals surface area (Å²) in [7, 11) is 1.67. The van der Waals surface area contributed by atoms with Crippen molar-refractivity contribution >= 4 is 19.7 Å². The largest absolute Gasteiger partial charge is 0.493 e. The minimum atomic E-state index is -3.68. The molecule has 0 aliphatic carbocycles. The molecule has 0 spiro atoms. The molecule has 0 fully saturated rings. The van der Waals surface area contributed by atoms with Crippen LogP contribution < -0.4 is 4.74 Å². The minimum Gasteiger partial charge on any atom is -0.493 e. The zero-order valence-electron chi connectivity index (χ0n) is 12.4. The Morgan fingerprint density at radius 3 is 2.50 bits per heavy atom. The second kappa shape index (κ2) is 7.89. The highest BCUT2D eigenvalue weighted by Crippen LogP contribution is 2.24. The second-order valence-corrected chi connectivity index (χ2v) is 7.63. The molecule has 0 aliphatic rings. The smallest absolute Gasteiger partial charge is 0.261 e. The Kier molecular flexibility index (Phi) is 6.83. The van der Waals surface area contributed by atoms with Gasteiger partial charge in [-0.25, -0.2) is 8.42 Å². The third-order valence-corrected chi connectivity index (χ3v) is 4.92.